The van der Waals surface area contributed by atoms with Gasteiger partial charge in [-0.2, -0.15) is 13.2 Å². The van der Waals surface area contributed by atoms with E-state index in [0.29, 0.717) is 0 Å². The van der Waals surface area contributed by atoms with Crippen molar-refractivity contribution in [3.63, 3.8) is 0 Å². The van der Waals surface area contributed by atoms with Crippen molar-refractivity contribution in [2.45, 2.75) is 6.18 Å². The Labute approximate surface area is 71.3 Å². The lowest BCUT2D eigenvalue weighted by molar-refractivity contribution is -0.173. The van der Waals surface area contributed by atoms with Gasteiger partial charge in [-0.15, -0.1) is 0 Å². The van der Waals surface area contributed by atoms with Crippen molar-refractivity contribution in [1.29, 1.82) is 0 Å². The van der Waals surface area contributed by atoms with E-state index < -0.39 is 18.8 Å². The highest BCUT2D eigenvalue weighted by molar-refractivity contribution is 7.80. The first-order valence-electron chi connectivity index (χ1n) is 2.72. The summed E-state index contributed by atoms with van der Waals surface area (Å²) in [6.45, 7) is -0.437. The van der Waals surface area contributed by atoms with E-state index in [1.807, 2.05) is 0 Å². The van der Waals surface area contributed by atoms with Crippen LogP contribution in [0.15, 0.2) is 0 Å². The third-order valence-corrected chi connectivity index (χ3v) is 0.913. The van der Waals surface area contributed by atoms with Crippen molar-refractivity contribution < 1.29 is 18.0 Å². The van der Waals surface area contributed by atoms with Gasteiger partial charge in [0.25, 0.3) is 0 Å². The molecule has 0 heterocycles. The van der Waals surface area contributed by atoms with Crippen LogP contribution in [-0.4, -0.2) is 23.9 Å². The molecule has 4 N–H and O–H groups in total. The second-order valence-electron chi connectivity index (χ2n) is 1.72. The maximum atomic E-state index is 11.5. The summed E-state index contributed by atoms with van der Waals surface area (Å²) in [4.78, 5) is 10.1. The summed E-state index contributed by atoms with van der Waals surface area (Å²) in [7, 11) is 0. The van der Waals surface area contributed by atoms with Crippen molar-refractivity contribution in [3.8, 4) is 0 Å². The van der Waals surface area contributed by atoms with Crippen LogP contribution in [-0.2, 0) is 4.79 Å². The molecule has 0 rings (SSSR count). The van der Waals surface area contributed by atoms with Crippen molar-refractivity contribution in [2.75, 3.05) is 6.67 Å². The lowest BCUT2D eigenvalue weighted by Crippen LogP contribution is -2.44. The molecule has 0 aromatic heterocycles. The number of alkyl halides is 3. The van der Waals surface area contributed by atoms with Crippen LogP contribution < -0.4 is 16.4 Å². The molecule has 0 saturated carbocycles. The zero-order valence-electron chi connectivity index (χ0n) is 5.73. The van der Waals surface area contributed by atoms with Gasteiger partial charge in [0, 0.05) is 0 Å². The van der Waals surface area contributed by atoms with Crippen molar-refractivity contribution >= 4 is 23.2 Å². The molecule has 0 fully saturated rings. The Hall–Kier alpha value is -1.05. The number of hydrogen-bond donors (Lipinski definition) is 3. The average Bonchev–Trinajstić information content (AvgIpc) is 1.84. The number of rotatable bonds is 2. The number of nitrogens with two attached hydrogens (primary N) is 1. The summed E-state index contributed by atoms with van der Waals surface area (Å²) in [6, 6.07) is 0. The lowest BCUT2D eigenvalue weighted by atomic mass is 10.6. The maximum absolute atomic E-state index is 11.5. The molecule has 4 nitrogen and oxygen atoms in total. The minimum absolute atomic E-state index is 0.183. The van der Waals surface area contributed by atoms with Gasteiger partial charge in [0.15, 0.2) is 5.11 Å². The van der Waals surface area contributed by atoms with Crippen LogP contribution in [0.4, 0.5) is 13.2 Å². The Morgan fingerprint density at radius 3 is 2.25 bits per heavy atom. The average molecular weight is 201 g/mol. The first-order valence-corrected chi connectivity index (χ1v) is 3.13. The molecular weight excluding hydrogens is 195 g/mol. The largest absolute Gasteiger partial charge is 0.471 e. The van der Waals surface area contributed by atoms with Gasteiger partial charge in [0.1, 0.15) is 0 Å². The van der Waals surface area contributed by atoms with Crippen LogP contribution in [0.2, 0.25) is 0 Å². The van der Waals surface area contributed by atoms with Crippen LogP contribution in [0.5, 0.6) is 0 Å². The van der Waals surface area contributed by atoms with E-state index in [2.05, 4.69) is 17.5 Å². The number of halogens is 3. The summed E-state index contributed by atoms with van der Waals surface area (Å²) >= 11 is 4.28. The first kappa shape index (κ1) is 11.0. The number of carbonyl (C=O) groups excluding carboxylic acids is 1. The molecular formula is C4H6F3N3OS. The van der Waals surface area contributed by atoms with Gasteiger partial charge in [-0.1, -0.05) is 0 Å². The molecule has 12 heavy (non-hydrogen) atoms. The highest BCUT2D eigenvalue weighted by Gasteiger charge is 2.38. The minimum atomic E-state index is -4.88. The molecule has 1 amide bonds. The first-order chi connectivity index (χ1) is 5.34. The predicted molar refractivity (Wildman–Crippen MR) is 39.0 cm³/mol. The fourth-order valence-corrected chi connectivity index (χ4v) is 0.384. The summed E-state index contributed by atoms with van der Waals surface area (Å²) in [5.41, 5.74) is 4.88. The summed E-state index contributed by atoms with van der Waals surface area (Å²) in [5.74, 6) is -2.04. The Morgan fingerprint density at radius 2 is 1.92 bits per heavy atom. The zero-order valence-corrected chi connectivity index (χ0v) is 6.55. The Kier molecular flexibility index (Phi) is 3.74. The van der Waals surface area contributed by atoms with Crippen LogP contribution in [0, 0.1) is 0 Å². The quantitative estimate of drug-likeness (QED) is 0.414. The molecule has 0 aliphatic rings. The molecule has 0 aliphatic carbocycles. The van der Waals surface area contributed by atoms with E-state index in [9.17, 15) is 18.0 Å². The molecule has 0 aliphatic heterocycles. The fraction of sp³-hybridized carbons (Fsp3) is 0.500. The molecule has 0 aromatic rings. The molecule has 0 spiro atoms. The number of nitrogens with one attached hydrogen (secondary N) is 2. The zero-order chi connectivity index (χ0) is 9.78. The van der Waals surface area contributed by atoms with Gasteiger partial charge in [-0.25, -0.2) is 0 Å². The molecule has 0 aromatic carbocycles. The second-order valence-corrected chi connectivity index (χ2v) is 2.16. The Morgan fingerprint density at radius 1 is 1.42 bits per heavy atom. The maximum Gasteiger partial charge on any atom is 0.471 e. The number of hydrogen-bond acceptors (Lipinski definition) is 2. The van der Waals surface area contributed by atoms with Crippen LogP contribution >= 0.6 is 12.2 Å². The standard InChI is InChI=1S/C4H6F3N3OS/c5-4(6,7)2(11)9-1-10-3(8)12/h1H2,(H,9,11)(H3,8,10,12). The normalized spacial score (nSPS) is 10.6. The highest BCUT2D eigenvalue weighted by atomic mass is 32.1. The van der Waals surface area contributed by atoms with Crippen molar-refractivity contribution in [1.82, 2.24) is 10.6 Å². The molecule has 8 heteroatoms. The van der Waals surface area contributed by atoms with Crippen molar-refractivity contribution in [2.24, 2.45) is 5.73 Å². The summed E-state index contributed by atoms with van der Waals surface area (Å²) in [6.07, 6.45) is -4.88. The third-order valence-electron chi connectivity index (χ3n) is 0.769. The summed E-state index contributed by atoms with van der Waals surface area (Å²) < 4.78 is 34.4. The smallest absolute Gasteiger partial charge is 0.376 e. The van der Waals surface area contributed by atoms with E-state index in [0.717, 1.165) is 0 Å². The van der Waals surface area contributed by atoms with Gasteiger partial charge in [0.05, 0.1) is 6.67 Å². The Balaban J connectivity index is 3.66. The van der Waals surface area contributed by atoms with Crippen LogP contribution in [0.3, 0.4) is 0 Å². The molecule has 0 atom stereocenters. The molecule has 70 valence electrons. The molecule has 0 saturated heterocycles. The van der Waals surface area contributed by atoms with E-state index in [-0.39, 0.29) is 5.11 Å². The third kappa shape index (κ3) is 4.72. The van der Waals surface area contributed by atoms with E-state index >= 15 is 0 Å². The van der Waals surface area contributed by atoms with Gasteiger partial charge in [0.2, 0.25) is 0 Å². The van der Waals surface area contributed by atoms with Gasteiger partial charge >= 0.3 is 12.1 Å². The fourth-order valence-electron chi connectivity index (χ4n) is 0.312. The SMILES string of the molecule is NC(=S)NCNC(=O)C(F)(F)F. The topological polar surface area (TPSA) is 67.2 Å². The van der Waals surface area contributed by atoms with Gasteiger partial charge in [-0.3, -0.25) is 4.79 Å². The second kappa shape index (κ2) is 4.10. The lowest BCUT2D eigenvalue weighted by Gasteiger charge is -2.08. The highest BCUT2D eigenvalue weighted by Crippen LogP contribution is 2.13. The van der Waals surface area contributed by atoms with Crippen molar-refractivity contribution in [3.05, 3.63) is 0 Å². The number of thiocarbonyl (C=S) groups is 1. The number of carbonyl (C=O) groups is 1. The van der Waals surface area contributed by atoms with E-state index in [4.69, 9.17) is 5.73 Å². The van der Waals surface area contributed by atoms with Gasteiger partial charge < -0.3 is 16.4 Å². The predicted octanol–water partition coefficient (Wildman–Crippen LogP) is -0.544. The monoisotopic (exact) mass is 201 g/mol. The molecule has 0 unspecified atom stereocenters. The van der Waals surface area contributed by atoms with Gasteiger partial charge in [-0.05, 0) is 12.2 Å². The molecule has 0 radical (unpaired) electrons. The van der Waals surface area contributed by atoms with Crippen LogP contribution in [0.25, 0.3) is 0 Å². The van der Waals surface area contributed by atoms with E-state index in [1.54, 1.807) is 0 Å². The summed E-state index contributed by atoms with van der Waals surface area (Å²) in [5, 5.41) is 3.45. The molecule has 0 bridgehead atoms. The number of amides is 1. The minimum Gasteiger partial charge on any atom is -0.376 e. The van der Waals surface area contributed by atoms with E-state index in [1.165, 1.54) is 5.32 Å². The Bertz CT molecular complexity index is 192. The van der Waals surface area contributed by atoms with Crippen LogP contribution in [0.1, 0.15) is 0 Å².